The van der Waals surface area contributed by atoms with E-state index < -0.39 is 0 Å². The molecule has 1 amide bonds. The first kappa shape index (κ1) is 22.8. The SMILES string of the molecule is CCCc1nc(N2CCCN(C(=O)c3cccc(OC)c3)CC2)c2c(-c3ccccc3)noc2n1. The van der Waals surface area contributed by atoms with Gasteiger partial charge in [-0.2, -0.15) is 4.98 Å². The zero-order valence-electron chi connectivity index (χ0n) is 20.1. The third kappa shape index (κ3) is 4.69. The van der Waals surface area contributed by atoms with Crippen LogP contribution >= 0.6 is 0 Å². The molecule has 2 aromatic carbocycles. The Morgan fingerprint density at radius 1 is 1.03 bits per heavy atom. The van der Waals surface area contributed by atoms with Crippen molar-refractivity contribution in [1.29, 1.82) is 0 Å². The normalized spacial score (nSPS) is 14.2. The lowest BCUT2D eigenvalue weighted by Gasteiger charge is -2.24. The number of carbonyl (C=O) groups is 1. The Labute approximate surface area is 204 Å². The van der Waals surface area contributed by atoms with E-state index in [9.17, 15) is 4.79 Å². The van der Waals surface area contributed by atoms with E-state index in [1.165, 1.54) is 0 Å². The predicted octanol–water partition coefficient (Wildman–Crippen LogP) is 4.60. The van der Waals surface area contributed by atoms with E-state index in [4.69, 9.17) is 14.2 Å². The monoisotopic (exact) mass is 471 g/mol. The van der Waals surface area contributed by atoms with Crippen molar-refractivity contribution in [3.63, 3.8) is 0 Å². The first-order valence-electron chi connectivity index (χ1n) is 12.1. The van der Waals surface area contributed by atoms with Crippen LogP contribution < -0.4 is 9.64 Å². The number of aryl methyl sites for hydroxylation is 1. The molecule has 1 saturated heterocycles. The highest BCUT2D eigenvalue weighted by Gasteiger charge is 2.26. The van der Waals surface area contributed by atoms with Crippen LogP contribution in [0.15, 0.2) is 59.1 Å². The summed E-state index contributed by atoms with van der Waals surface area (Å²) in [5, 5.41) is 5.19. The molecule has 0 atom stereocenters. The fourth-order valence-corrected chi connectivity index (χ4v) is 4.51. The third-order valence-electron chi connectivity index (χ3n) is 6.28. The van der Waals surface area contributed by atoms with E-state index in [1.807, 2.05) is 53.4 Å². The number of methoxy groups -OCH3 is 1. The summed E-state index contributed by atoms with van der Waals surface area (Å²) in [6, 6.07) is 17.3. The maximum atomic E-state index is 13.2. The molecule has 8 heteroatoms. The van der Waals surface area contributed by atoms with Crippen LogP contribution in [0, 0.1) is 0 Å². The van der Waals surface area contributed by atoms with Crippen LogP contribution in [-0.2, 0) is 6.42 Å². The topological polar surface area (TPSA) is 84.6 Å². The Morgan fingerprint density at radius 3 is 2.69 bits per heavy atom. The maximum absolute atomic E-state index is 13.2. The number of hydrogen-bond acceptors (Lipinski definition) is 7. The van der Waals surface area contributed by atoms with Crippen LogP contribution in [0.2, 0.25) is 0 Å². The number of benzene rings is 2. The maximum Gasteiger partial charge on any atom is 0.263 e. The van der Waals surface area contributed by atoms with Gasteiger partial charge in [-0.25, -0.2) is 4.98 Å². The molecule has 35 heavy (non-hydrogen) atoms. The van der Waals surface area contributed by atoms with Crippen molar-refractivity contribution in [3.8, 4) is 17.0 Å². The van der Waals surface area contributed by atoms with Crippen molar-refractivity contribution >= 4 is 22.8 Å². The summed E-state index contributed by atoms with van der Waals surface area (Å²) in [7, 11) is 1.61. The summed E-state index contributed by atoms with van der Waals surface area (Å²) in [5.41, 5.74) is 2.85. The highest BCUT2D eigenvalue weighted by molar-refractivity contribution is 5.98. The van der Waals surface area contributed by atoms with E-state index in [2.05, 4.69) is 22.0 Å². The van der Waals surface area contributed by atoms with Gasteiger partial charge in [0.1, 0.15) is 28.5 Å². The molecule has 2 aromatic heterocycles. The Hall–Kier alpha value is -3.94. The average Bonchev–Trinajstić information content (AvgIpc) is 3.17. The van der Waals surface area contributed by atoms with Crippen LogP contribution in [-0.4, -0.2) is 59.2 Å². The standard InChI is InChI=1S/C27H29N5O3/c1-3-9-22-28-25(23-24(30-35-26(23)29-22)19-10-5-4-6-11-19)31-14-8-15-32(17-16-31)27(33)20-12-7-13-21(18-20)34-2/h4-7,10-13,18H,3,8-9,14-17H2,1-2H3. The minimum atomic E-state index is 0.0141. The molecule has 5 rings (SSSR count). The molecule has 0 radical (unpaired) electrons. The second-order valence-corrected chi connectivity index (χ2v) is 8.66. The number of fused-ring (bicyclic) bond motifs is 1. The lowest BCUT2D eigenvalue weighted by Crippen LogP contribution is -2.35. The molecule has 180 valence electrons. The largest absolute Gasteiger partial charge is 0.497 e. The Balaban J connectivity index is 1.46. The molecule has 1 fully saturated rings. The molecule has 1 aliphatic rings. The van der Waals surface area contributed by atoms with Crippen LogP contribution in [0.5, 0.6) is 5.75 Å². The molecule has 0 aliphatic carbocycles. The molecule has 4 aromatic rings. The van der Waals surface area contributed by atoms with Gasteiger partial charge in [-0.1, -0.05) is 48.5 Å². The quantitative estimate of drug-likeness (QED) is 0.406. The van der Waals surface area contributed by atoms with Crippen LogP contribution in [0.3, 0.4) is 0 Å². The first-order valence-corrected chi connectivity index (χ1v) is 12.1. The summed E-state index contributed by atoms with van der Waals surface area (Å²) in [6.07, 6.45) is 2.53. The number of rotatable bonds is 6. The Morgan fingerprint density at radius 2 is 1.89 bits per heavy atom. The minimum Gasteiger partial charge on any atom is -0.497 e. The number of amides is 1. The summed E-state index contributed by atoms with van der Waals surface area (Å²) < 4.78 is 11.0. The van der Waals surface area contributed by atoms with Gasteiger partial charge in [0.05, 0.1) is 7.11 Å². The fourth-order valence-electron chi connectivity index (χ4n) is 4.51. The molecule has 0 N–H and O–H groups in total. The second kappa shape index (κ2) is 10.1. The lowest BCUT2D eigenvalue weighted by molar-refractivity contribution is 0.0766. The predicted molar refractivity (Wildman–Crippen MR) is 135 cm³/mol. The summed E-state index contributed by atoms with van der Waals surface area (Å²) in [5.74, 6) is 2.27. The highest BCUT2D eigenvalue weighted by Crippen LogP contribution is 2.34. The molecular weight excluding hydrogens is 442 g/mol. The second-order valence-electron chi connectivity index (χ2n) is 8.66. The van der Waals surface area contributed by atoms with E-state index in [1.54, 1.807) is 13.2 Å². The van der Waals surface area contributed by atoms with Crippen molar-refractivity contribution in [1.82, 2.24) is 20.0 Å². The van der Waals surface area contributed by atoms with E-state index in [-0.39, 0.29) is 5.91 Å². The van der Waals surface area contributed by atoms with Crippen molar-refractivity contribution in [2.45, 2.75) is 26.2 Å². The molecule has 1 aliphatic heterocycles. The van der Waals surface area contributed by atoms with Crippen molar-refractivity contribution in [3.05, 3.63) is 66.0 Å². The van der Waals surface area contributed by atoms with Crippen LogP contribution in [0.4, 0.5) is 5.82 Å². The zero-order chi connectivity index (χ0) is 24.2. The van der Waals surface area contributed by atoms with E-state index in [0.29, 0.717) is 36.7 Å². The molecule has 8 nitrogen and oxygen atoms in total. The fraction of sp³-hybridized carbons (Fsp3) is 0.333. The van der Waals surface area contributed by atoms with Gasteiger partial charge in [0.2, 0.25) is 0 Å². The van der Waals surface area contributed by atoms with Gasteiger partial charge in [0, 0.05) is 43.7 Å². The first-order chi connectivity index (χ1) is 17.2. The number of hydrogen-bond donors (Lipinski definition) is 0. The van der Waals surface area contributed by atoms with Gasteiger partial charge >= 0.3 is 0 Å². The van der Waals surface area contributed by atoms with Gasteiger partial charge in [-0.15, -0.1) is 0 Å². The molecule has 0 saturated carbocycles. The minimum absolute atomic E-state index is 0.0141. The van der Waals surface area contributed by atoms with Crippen molar-refractivity contribution in [2.24, 2.45) is 0 Å². The van der Waals surface area contributed by atoms with Crippen LogP contribution in [0.1, 0.15) is 35.9 Å². The number of aromatic nitrogens is 3. The molecule has 3 heterocycles. The van der Waals surface area contributed by atoms with Crippen molar-refractivity contribution < 1.29 is 14.1 Å². The number of anilines is 1. The Bertz CT molecular complexity index is 1320. The summed E-state index contributed by atoms with van der Waals surface area (Å²) >= 11 is 0. The number of ether oxygens (including phenoxy) is 1. The average molecular weight is 472 g/mol. The van der Waals surface area contributed by atoms with Gasteiger partial charge in [0.15, 0.2) is 0 Å². The molecular formula is C27H29N5O3. The zero-order valence-corrected chi connectivity index (χ0v) is 20.1. The lowest BCUT2D eigenvalue weighted by atomic mass is 10.1. The number of carbonyl (C=O) groups excluding carboxylic acids is 1. The summed E-state index contributed by atoms with van der Waals surface area (Å²) in [6.45, 7) is 4.82. The molecule has 0 bridgehead atoms. The van der Waals surface area contributed by atoms with Gasteiger partial charge < -0.3 is 19.1 Å². The smallest absolute Gasteiger partial charge is 0.263 e. The van der Waals surface area contributed by atoms with Gasteiger partial charge in [-0.05, 0) is 31.0 Å². The van der Waals surface area contributed by atoms with Crippen LogP contribution in [0.25, 0.3) is 22.4 Å². The van der Waals surface area contributed by atoms with Crippen molar-refractivity contribution in [2.75, 3.05) is 38.2 Å². The summed E-state index contributed by atoms with van der Waals surface area (Å²) in [4.78, 5) is 27.0. The third-order valence-corrected chi connectivity index (χ3v) is 6.28. The van der Waals surface area contributed by atoms with E-state index in [0.717, 1.165) is 54.1 Å². The molecule has 0 unspecified atom stereocenters. The van der Waals surface area contributed by atoms with Gasteiger partial charge in [-0.3, -0.25) is 4.79 Å². The Kier molecular flexibility index (Phi) is 6.61. The number of nitrogens with zero attached hydrogens (tertiary/aromatic N) is 5. The van der Waals surface area contributed by atoms with E-state index >= 15 is 0 Å². The van der Waals surface area contributed by atoms with Gasteiger partial charge in [0.25, 0.3) is 11.6 Å². The molecule has 0 spiro atoms. The highest BCUT2D eigenvalue weighted by atomic mass is 16.5.